The minimum atomic E-state index is -0.470. The second kappa shape index (κ2) is 6.50. The van der Waals surface area contributed by atoms with E-state index in [0.29, 0.717) is 18.2 Å². The summed E-state index contributed by atoms with van der Waals surface area (Å²) < 4.78 is 18.6. The van der Waals surface area contributed by atoms with Crippen molar-refractivity contribution in [3.8, 4) is 11.6 Å². The number of halogens is 2. The second-order valence-corrected chi connectivity index (χ2v) is 4.33. The zero-order valence-corrected chi connectivity index (χ0v) is 11.2. The third-order valence-electron chi connectivity index (χ3n) is 2.45. The van der Waals surface area contributed by atoms with Crippen molar-refractivity contribution in [3.05, 3.63) is 52.9 Å². The van der Waals surface area contributed by atoms with E-state index in [4.69, 9.17) is 16.3 Å². The lowest BCUT2D eigenvalue weighted by molar-refractivity contribution is 0.458. The van der Waals surface area contributed by atoms with Crippen LogP contribution in [0.4, 0.5) is 4.39 Å². The van der Waals surface area contributed by atoms with Crippen LogP contribution in [-0.4, -0.2) is 11.5 Å². The standard InChI is InChI=1S/C14H14ClFN2O/c1-2-17-9-10-4-3-5-14(18-10)19-11-6-7-13(16)12(15)8-11/h3-8,17H,2,9H2,1H3. The fourth-order valence-corrected chi connectivity index (χ4v) is 1.70. The Balaban J connectivity index is 2.11. The smallest absolute Gasteiger partial charge is 0.219 e. The average Bonchev–Trinajstić information content (AvgIpc) is 2.41. The summed E-state index contributed by atoms with van der Waals surface area (Å²) >= 11 is 5.69. The molecule has 0 fully saturated rings. The van der Waals surface area contributed by atoms with E-state index in [0.717, 1.165) is 12.2 Å². The number of pyridine rings is 1. The highest BCUT2D eigenvalue weighted by molar-refractivity contribution is 6.30. The molecule has 0 radical (unpaired) electrons. The van der Waals surface area contributed by atoms with Crippen molar-refractivity contribution in [1.82, 2.24) is 10.3 Å². The van der Waals surface area contributed by atoms with Gasteiger partial charge in [-0.25, -0.2) is 9.37 Å². The number of rotatable bonds is 5. The van der Waals surface area contributed by atoms with Crippen molar-refractivity contribution in [2.45, 2.75) is 13.5 Å². The van der Waals surface area contributed by atoms with Crippen LogP contribution in [0.3, 0.4) is 0 Å². The quantitative estimate of drug-likeness (QED) is 0.905. The Morgan fingerprint density at radius 2 is 2.16 bits per heavy atom. The van der Waals surface area contributed by atoms with Gasteiger partial charge < -0.3 is 10.1 Å². The molecule has 0 aliphatic rings. The molecule has 3 nitrogen and oxygen atoms in total. The van der Waals surface area contributed by atoms with Crippen molar-refractivity contribution < 1.29 is 9.13 Å². The molecule has 1 heterocycles. The highest BCUT2D eigenvalue weighted by Gasteiger charge is 2.04. The first kappa shape index (κ1) is 13.8. The lowest BCUT2D eigenvalue weighted by atomic mass is 10.3. The molecule has 0 bridgehead atoms. The number of benzene rings is 1. The average molecular weight is 281 g/mol. The fraction of sp³-hybridized carbons (Fsp3) is 0.214. The Morgan fingerprint density at radius 3 is 2.89 bits per heavy atom. The lowest BCUT2D eigenvalue weighted by Crippen LogP contribution is -2.12. The topological polar surface area (TPSA) is 34.1 Å². The monoisotopic (exact) mass is 280 g/mol. The first-order chi connectivity index (χ1) is 9.19. The molecule has 0 spiro atoms. The van der Waals surface area contributed by atoms with E-state index in [1.54, 1.807) is 6.07 Å². The maximum absolute atomic E-state index is 13.0. The summed E-state index contributed by atoms with van der Waals surface area (Å²) in [6.07, 6.45) is 0. The first-order valence-electron chi connectivity index (χ1n) is 5.98. The molecule has 1 aromatic heterocycles. The van der Waals surface area contributed by atoms with Gasteiger partial charge in [0.25, 0.3) is 0 Å². The van der Waals surface area contributed by atoms with Gasteiger partial charge in [-0.05, 0) is 24.7 Å². The molecular weight excluding hydrogens is 267 g/mol. The first-order valence-corrected chi connectivity index (χ1v) is 6.36. The van der Waals surface area contributed by atoms with Crippen LogP contribution in [0.5, 0.6) is 11.6 Å². The summed E-state index contributed by atoms with van der Waals surface area (Å²) in [7, 11) is 0. The summed E-state index contributed by atoms with van der Waals surface area (Å²) in [5, 5.41) is 3.21. The number of nitrogens with one attached hydrogen (secondary N) is 1. The van der Waals surface area contributed by atoms with Gasteiger partial charge in [0.1, 0.15) is 11.6 Å². The van der Waals surface area contributed by atoms with Crippen LogP contribution >= 0.6 is 11.6 Å². The van der Waals surface area contributed by atoms with Gasteiger partial charge in [0.05, 0.1) is 10.7 Å². The van der Waals surface area contributed by atoms with Gasteiger partial charge in [-0.1, -0.05) is 24.6 Å². The zero-order chi connectivity index (χ0) is 13.7. The number of nitrogens with zero attached hydrogens (tertiary/aromatic N) is 1. The maximum Gasteiger partial charge on any atom is 0.219 e. The van der Waals surface area contributed by atoms with E-state index in [1.807, 2.05) is 19.1 Å². The van der Waals surface area contributed by atoms with Gasteiger partial charge in [0, 0.05) is 18.7 Å². The Kier molecular flexibility index (Phi) is 4.71. The highest BCUT2D eigenvalue weighted by Crippen LogP contribution is 2.25. The number of ether oxygens (including phenoxy) is 1. The van der Waals surface area contributed by atoms with Crippen molar-refractivity contribution in [1.29, 1.82) is 0 Å². The van der Waals surface area contributed by atoms with Crippen LogP contribution in [0.15, 0.2) is 36.4 Å². The summed E-state index contributed by atoms with van der Waals surface area (Å²) in [5.41, 5.74) is 0.882. The van der Waals surface area contributed by atoms with E-state index >= 15 is 0 Å². The predicted octanol–water partition coefficient (Wildman–Crippen LogP) is 3.78. The third kappa shape index (κ3) is 3.91. The molecule has 0 saturated heterocycles. The van der Waals surface area contributed by atoms with Crippen molar-refractivity contribution in [2.24, 2.45) is 0 Å². The van der Waals surface area contributed by atoms with Crippen LogP contribution < -0.4 is 10.1 Å². The molecule has 5 heteroatoms. The maximum atomic E-state index is 13.0. The number of hydrogen-bond donors (Lipinski definition) is 1. The van der Waals surface area contributed by atoms with Gasteiger partial charge >= 0.3 is 0 Å². The van der Waals surface area contributed by atoms with E-state index in [-0.39, 0.29) is 5.02 Å². The Bertz CT molecular complexity index is 563. The molecule has 1 N–H and O–H groups in total. The zero-order valence-electron chi connectivity index (χ0n) is 10.5. The van der Waals surface area contributed by atoms with Crippen LogP contribution in [0.25, 0.3) is 0 Å². The lowest BCUT2D eigenvalue weighted by Gasteiger charge is -2.07. The Labute approximate surface area is 116 Å². The highest BCUT2D eigenvalue weighted by atomic mass is 35.5. The number of aromatic nitrogens is 1. The molecule has 0 unspecified atom stereocenters. The van der Waals surface area contributed by atoms with Crippen molar-refractivity contribution in [3.63, 3.8) is 0 Å². The molecule has 0 atom stereocenters. The van der Waals surface area contributed by atoms with Crippen LogP contribution in [0, 0.1) is 5.82 Å². The third-order valence-corrected chi connectivity index (χ3v) is 2.74. The van der Waals surface area contributed by atoms with E-state index in [2.05, 4.69) is 10.3 Å². The molecule has 0 amide bonds. The van der Waals surface area contributed by atoms with Gasteiger partial charge in [-0.15, -0.1) is 0 Å². The number of hydrogen-bond acceptors (Lipinski definition) is 3. The summed E-state index contributed by atoms with van der Waals surface area (Å²) in [4.78, 5) is 4.34. The molecule has 100 valence electrons. The summed E-state index contributed by atoms with van der Waals surface area (Å²) in [6, 6.07) is 9.72. The molecule has 0 saturated carbocycles. The van der Waals surface area contributed by atoms with Gasteiger partial charge in [-0.2, -0.15) is 0 Å². The molecule has 2 aromatic rings. The molecule has 1 aromatic carbocycles. The molecule has 2 rings (SSSR count). The molecule has 0 aliphatic carbocycles. The summed E-state index contributed by atoms with van der Waals surface area (Å²) in [5.74, 6) is 0.445. The normalized spacial score (nSPS) is 10.5. The van der Waals surface area contributed by atoms with E-state index in [9.17, 15) is 4.39 Å². The summed E-state index contributed by atoms with van der Waals surface area (Å²) in [6.45, 7) is 3.58. The van der Waals surface area contributed by atoms with Crippen LogP contribution in [0.2, 0.25) is 5.02 Å². The van der Waals surface area contributed by atoms with Gasteiger partial charge in [0.15, 0.2) is 0 Å². The van der Waals surface area contributed by atoms with Gasteiger partial charge in [-0.3, -0.25) is 0 Å². The Morgan fingerprint density at radius 1 is 1.32 bits per heavy atom. The predicted molar refractivity (Wildman–Crippen MR) is 73.1 cm³/mol. The van der Waals surface area contributed by atoms with Crippen molar-refractivity contribution >= 4 is 11.6 Å². The minimum absolute atomic E-state index is 0.0290. The Hall–Kier alpha value is -1.65. The molecule has 19 heavy (non-hydrogen) atoms. The van der Waals surface area contributed by atoms with Crippen molar-refractivity contribution in [2.75, 3.05) is 6.54 Å². The molecular formula is C14H14ClFN2O. The van der Waals surface area contributed by atoms with Crippen LogP contribution in [0.1, 0.15) is 12.6 Å². The SMILES string of the molecule is CCNCc1cccc(Oc2ccc(F)c(Cl)c2)n1. The second-order valence-electron chi connectivity index (χ2n) is 3.93. The minimum Gasteiger partial charge on any atom is -0.439 e. The largest absolute Gasteiger partial charge is 0.439 e. The molecule has 0 aliphatic heterocycles. The van der Waals surface area contributed by atoms with E-state index < -0.39 is 5.82 Å². The van der Waals surface area contributed by atoms with Gasteiger partial charge in [0.2, 0.25) is 5.88 Å². The van der Waals surface area contributed by atoms with Crippen LogP contribution in [-0.2, 0) is 6.54 Å². The fourth-order valence-electron chi connectivity index (χ4n) is 1.53. The van der Waals surface area contributed by atoms with E-state index in [1.165, 1.54) is 18.2 Å².